The largest absolute Gasteiger partial charge is 0.435 e. The number of guanidine groups is 1. The van der Waals surface area contributed by atoms with Gasteiger partial charge in [0.25, 0.3) is 0 Å². The number of aliphatic imine (C=N–C) groups is 1. The fraction of sp³-hybridized carbons (Fsp3) is 0.500. The topological polar surface area (TPSA) is 63.9 Å². The monoisotopic (exact) mass is 537 g/mol. The number of nitrogens with one attached hydrogen (secondary N) is 1. The van der Waals surface area contributed by atoms with Crippen LogP contribution in [0.5, 0.6) is 5.75 Å². The fourth-order valence-corrected chi connectivity index (χ4v) is 3.06. The molecule has 0 amide bonds. The van der Waals surface area contributed by atoms with Crippen molar-refractivity contribution in [1.82, 2.24) is 20.0 Å². The number of methoxy groups -OCH3 is 1. The summed E-state index contributed by atoms with van der Waals surface area (Å²) in [6.07, 6.45) is 0. The molecule has 1 aromatic heterocycles. The number of rotatable bonds is 9. The molecule has 0 aliphatic rings. The molecule has 10 heteroatoms. The lowest BCUT2D eigenvalue weighted by molar-refractivity contribution is -0.0498. The van der Waals surface area contributed by atoms with E-state index < -0.39 is 6.61 Å². The van der Waals surface area contributed by atoms with Gasteiger partial charge in [-0.15, -0.1) is 24.0 Å². The first kappa shape index (κ1) is 26.1. The van der Waals surface area contributed by atoms with E-state index in [0.717, 1.165) is 28.5 Å². The van der Waals surface area contributed by atoms with Crippen molar-refractivity contribution in [2.45, 2.75) is 40.1 Å². The Balaban J connectivity index is 0.00000450. The van der Waals surface area contributed by atoms with Crippen LogP contribution in [0.15, 0.2) is 29.3 Å². The molecule has 0 fully saturated rings. The van der Waals surface area contributed by atoms with E-state index in [1.54, 1.807) is 26.3 Å². The van der Waals surface area contributed by atoms with Crippen LogP contribution >= 0.6 is 24.0 Å². The molecule has 0 saturated carbocycles. The van der Waals surface area contributed by atoms with Crippen LogP contribution in [-0.4, -0.2) is 55.1 Å². The van der Waals surface area contributed by atoms with Crippen molar-refractivity contribution in [3.05, 3.63) is 46.8 Å². The van der Waals surface area contributed by atoms with E-state index in [1.165, 1.54) is 12.1 Å². The van der Waals surface area contributed by atoms with Crippen LogP contribution in [0.1, 0.15) is 22.5 Å². The molecule has 2 aromatic rings. The number of ether oxygens (including phenoxy) is 2. The average molecular weight is 537 g/mol. The molecule has 0 aliphatic heterocycles. The highest BCUT2D eigenvalue weighted by Crippen LogP contribution is 2.16. The third kappa shape index (κ3) is 7.38. The van der Waals surface area contributed by atoms with Gasteiger partial charge in [-0.2, -0.15) is 13.9 Å². The van der Waals surface area contributed by atoms with Gasteiger partial charge in [0.1, 0.15) is 5.75 Å². The molecule has 1 N–H and O–H groups in total. The van der Waals surface area contributed by atoms with Crippen molar-refractivity contribution in [3.8, 4) is 5.75 Å². The third-order valence-corrected chi connectivity index (χ3v) is 4.60. The maximum atomic E-state index is 12.3. The molecule has 1 heterocycles. The highest BCUT2D eigenvalue weighted by Gasteiger charge is 2.13. The van der Waals surface area contributed by atoms with Gasteiger partial charge in [-0.1, -0.05) is 12.1 Å². The summed E-state index contributed by atoms with van der Waals surface area (Å²) in [6.45, 7) is 3.70. The Morgan fingerprint density at radius 2 is 1.93 bits per heavy atom. The van der Waals surface area contributed by atoms with Gasteiger partial charge in [0, 0.05) is 45.6 Å². The zero-order chi connectivity index (χ0) is 21.4. The van der Waals surface area contributed by atoms with E-state index in [1.807, 2.05) is 30.5 Å². The van der Waals surface area contributed by atoms with Crippen molar-refractivity contribution in [2.75, 3.05) is 27.8 Å². The van der Waals surface area contributed by atoms with E-state index >= 15 is 0 Å². The Labute approximate surface area is 193 Å². The molecule has 0 spiro atoms. The first-order valence-corrected chi connectivity index (χ1v) is 9.33. The Hall–Kier alpha value is -1.95. The smallest absolute Gasteiger partial charge is 0.387 e. The molecule has 0 bridgehead atoms. The number of hydrogen-bond acceptors (Lipinski definition) is 4. The highest BCUT2D eigenvalue weighted by molar-refractivity contribution is 14.0. The zero-order valence-corrected chi connectivity index (χ0v) is 20.3. The number of alkyl halides is 2. The number of nitrogens with zero attached hydrogens (tertiary/aromatic N) is 4. The summed E-state index contributed by atoms with van der Waals surface area (Å²) < 4.78 is 36.0. The normalized spacial score (nSPS) is 11.4. The molecular formula is C20H30F2IN5O2. The van der Waals surface area contributed by atoms with Crippen molar-refractivity contribution in [1.29, 1.82) is 0 Å². The second-order valence-corrected chi connectivity index (χ2v) is 6.64. The molecule has 0 unspecified atom stereocenters. The standard InChI is InChI=1S/C20H29F2N5O2.HI/c1-14-18(15(2)27(25-14)10-11-28-5)12-24-20(23-3)26(4)13-16-6-8-17(9-7-16)29-19(21)22;/h6-9,19H,10-13H2,1-5H3,(H,23,24);1H. The molecule has 1 aromatic carbocycles. The van der Waals surface area contributed by atoms with Gasteiger partial charge in [-0.05, 0) is 31.5 Å². The quantitative estimate of drug-likeness (QED) is 0.301. The predicted molar refractivity (Wildman–Crippen MR) is 124 cm³/mol. The van der Waals surface area contributed by atoms with Crippen molar-refractivity contribution >= 4 is 29.9 Å². The summed E-state index contributed by atoms with van der Waals surface area (Å²) in [7, 11) is 5.31. The van der Waals surface area contributed by atoms with Crippen molar-refractivity contribution < 1.29 is 18.3 Å². The first-order chi connectivity index (χ1) is 13.8. The van der Waals surface area contributed by atoms with Crippen molar-refractivity contribution in [2.24, 2.45) is 4.99 Å². The lowest BCUT2D eigenvalue weighted by Gasteiger charge is -2.22. The van der Waals surface area contributed by atoms with Crippen LogP contribution in [0.4, 0.5) is 8.78 Å². The predicted octanol–water partition coefficient (Wildman–Crippen LogP) is 3.57. The number of benzene rings is 1. The highest BCUT2D eigenvalue weighted by atomic mass is 127. The third-order valence-electron chi connectivity index (χ3n) is 4.60. The van der Waals surface area contributed by atoms with E-state index in [4.69, 9.17) is 4.74 Å². The van der Waals surface area contributed by atoms with Crippen LogP contribution in [-0.2, 0) is 24.4 Å². The minimum Gasteiger partial charge on any atom is -0.435 e. The second kappa shape index (κ2) is 12.7. The van der Waals surface area contributed by atoms with Gasteiger partial charge < -0.3 is 19.7 Å². The molecule has 0 saturated heterocycles. The summed E-state index contributed by atoms with van der Waals surface area (Å²) in [5.74, 6) is 0.867. The summed E-state index contributed by atoms with van der Waals surface area (Å²) in [5.41, 5.74) is 4.15. The molecule has 0 aliphatic carbocycles. The van der Waals surface area contributed by atoms with E-state index in [2.05, 4.69) is 20.1 Å². The van der Waals surface area contributed by atoms with E-state index in [9.17, 15) is 8.78 Å². The van der Waals surface area contributed by atoms with Crippen LogP contribution in [0.3, 0.4) is 0 Å². The van der Waals surface area contributed by atoms with Gasteiger partial charge in [0.2, 0.25) is 0 Å². The summed E-state index contributed by atoms with van der Waals surface area (Å²) in [4.78, 5) is 6.29. The summed E-state index contributed by atoms with van der Waals surface area (Å²) in [5, 5.41) is 7.93. The Morgan fingerprint density at radius 1 is 1.27 bits per heavy atom. The number of aryl methyl sites for hydroxylation is 1. The molecule has 7 nitrogen and oxygen atoms in total. The molecular weight excluding hydrogens is 507 g/mol. The molecule has 168 valence electrons. The lowest BCUT2D eigenvalue weighted by Crippen LogP contribution is -2.38. The van der Waals surface area contributed by atoms with Crippen LogP contribution in [0.25, 0.3) is 0 Å². The Morgan fingerprint density at radius 3 is 2.50 bits per heavy atom. The minimum absolute atomic E-state index is 0. The lowest BCUT2D eigenvalue weighted by atomic mass is 10.2. The van der Waals surface area contributed by atoms with Crippen LogP contribution < -0.4 is 10.1 Å². The minimum atomic E-state index is -2.82. The SMILES string of the molecule is CN=C(NCc1c(C)nn(CCOC)c1C)N(C)Cc1ccc(OC(F)F)cc1.I. The molecule has 2 rings (SSSR count). The maximum absolute atomic E-state index is 12.3. The van der Waals surface area contributed by atoms with Crippen LogP contribution in [0, 0.1) is 13.8 Å². The molecule has 0 radical (unpaired) electrons. The van der Waals surface area contributed by atoms with Crippen LogP contribution in [0.2, 0.25) is 0 Å². The maximum Gasteiger partial charge on any atom is 0.387 e. The molecule has 0 atom stereocenters. The summed E-state index contributed by atoms with van der Waals surface area (Å²) in [6, 6.07) is 6.59. The Kier molecular flexibility index (Phi) is 11.0. The second-order valence-electron chi connectivity index (χ2n) is 6.64. The van der Waals surface area contributed by atoms with Crippen molar-refractivity contribution in [3.63, 3.8) is 0 Å². The summed E-state index contributed by atoms with van der Waals surface area (Å²) >= 11 is 0. The van der Waals surface area contributed by atoms with Gasteiger partial charge in [0.05, 0.1) is 18.8 Å². The average Bonchev–Trinajstić information content (AvgIpc) is 2.95. The fourth-order valence-electron chi connectivity index (χ4n) is 3.06. The van der Waals surface area contributed by atoms with Gasteiger partial charge in [-0.25, -0.2) is 0 Å². The number of halogens is 3. The van der Waals surface area contributed by atoms with E-state index in [-0.39, 0.29) is 29.7 Å². The number of hydrogen-bond donors (Lipinski definition) is 1. The van der Waals surface area contributed by atoms with Gasteiger partial charge in [0.15, 0.2) is 5.96 Å². The van der Waals surface area contributed by atoms with Gasteiger partial charge >= 0.3 is 6.61 Å². The zero-order valence-electron chi connectivity index (χ0n) is 18.0. The van der Waals surface area contributed by atoms with E-state index in [0.29, 0.717) is 26.2 Å². The molecule has 30 heavy (non-hydrogen) atoms. The Bertz CT molecular complexity index is 812. The van der Waals surface area contributed by atoms with Gasteiger partial charge in [-0.3, -0.25) is 9.67 Å². The number of aromatic nitrogens is 2. The first-order valence-electron chi connectivity index (χ1n) is 9.33.